The Labute approximate surface area is 87.6 Å². The van der Waals surface area contributed by atoms with Gasteiger partial charge in [0, 0.05) is 18.6 Å². The van der Waals surface area contributed by atoms with E-state index in [4.69, 9.17) is 5.73 Å². The van der Waals surface area contributed by atoms with E-state index in [-0.39, 0.29) is 5.54 Å². The molecule has 2 nitrogen and oxygen atoms in total. The van der Waals surface area contributed by atoms with E-state index in [1.807, 2.05) is 0 Å². The average Bonchev–Trinajstić information content (AvgIpc) is 2.06. The minimum absolute atomic E-state index is 0.0365. The molecule has 82 valence electrons. The Morgan fingerprint density at radius 1 is 1.07 bits per heavy atom. The lowest BCUT2D eigenvalue weighted by atomic mass is 9.58. The third-order valence-corrected chi connectivity index (χ3v) is 4.75. The summed E-state index contributed by atoms with van der Waals surface area (Å²) in [5, 5.41) is 3.55. The molecule has 0 radical (unpaired) electrons. The van der Waals surface area contributed by atoms with Crippen LogP contribution in [-0.4, -0.2) is 18.6 Å². The zero-order valence-corrected chi connectivity index (χ0v) is 9.82. The van der Waals surface area contributed by atoms with E-state index in [2.05, 4.69) is 26.1 Å². The molecular formula is C12H24N2. The summed E-state index contributed by atoms with van der Waals surface area (Å²) in [5.74, 6) is 0. The summed E-state index contributed by atoms with van der Waals surface area (Å²) >= 11 is 0. The van der Waals surface area contributed by atoms with Crippen molar-refractivity contribution in [2.45, 2.75) is 52.0 Å². The largest absolute Gasteiger partial charge is 0.324 e. The first-order valence-electron chi connectivity index (χ1n) is 5.87. The van der Waals surface area contributed by atoms with Gasteiger partial charge >= 0.3 is 0 Å². The average molecular weight is 196 g/mol. The van der Waals surface area contributed by atoms with Crippen molar-refractivity contribution in [1.29, 1.82) is 0 Å². The van der Waals surface area contributed by atoms with Crippen molar-refractivity contribution in [2.24, 2.45) is 16.6 Å². The van der Waals surface area contributed by atoms with Gasteiger partial charge in [0.25, 0.3) is 0 Å². The predicted octanol–water partition coefficient (Wildman–Crippen LogP) is 1.89. The third kappa shape index (κ3) is 1.49. The van der Waals surface area contributed by atoms with Gasteiger partial charge in [0.15, 0.2) is 0 Å². The van der Waals surface area contributed by atoms with Crippen molar-refractivity contribution >= 4 is 0 Å². The van der Waals surface area contributed by atoms with Gasteiger partial charge in [0.05, 0.1) is 0 Å². The maximum Gasteiger partial charge on any atom is 0.0306 e. The van der Waals surface area contributed by atoms with Gasteiger partial charge in [-0.25, -0.2) is 0 Å². The summed E-state index contributed by atoms with van der Waals surface area (Å²) in [4.78, 5) is 0. The number of nitrogens with two attached hydrogens (primary N) is 1. The Morgan fingerprint density at radius 3 is 2.50 bits per heavy atom. The molecule has 0 spiro atoms. The zero-order chi connectivity index (χ0) is 10.4. The van der Waals surface area contributed by atoms with E-state index in [1.54, 1.807) is 0 Å². The molecule has 1 aliphatic carbocycles. The first-order chi connectivity index (χ1) is 6.37. The molecule has 1 saturated carbocycles. The van der Waals surface area contributed by atoms with Crippen LogP contribution in [-0.2, 0) is 0 Å². The van der Waals surface area contributed by atoms with Crippen LogP contribution in [0, 0.1) is 10.8 Å². The summed E-state index contributed by atoms with van der Waals surface area (Å²) in [6, 6.07) is 0. The van der Waals surface area contributed by atoms with Gasteiger partial charge in [-0.2, -0.15) is 0 Å². The lowest BCUT2D eigenvalue weighted by molar-refractivity contribution is 0.0496. The summed E-state index contributed by atoms with van der Waals surface area (Å²) in [6.07, 6.45) is 5.31. The molecule has 2 bridgehead atoms. The first kappa shape index (κ1) is 10.4. The second-order valence-electron chi connectivity index (χ2n) is 6.42. The van der Waals surface area contributed by atoms with Gasteiger partial charge in [-0.1, -0.05) is 20.3 Å². The molecule has 1 heterocycles. The lowest BCUT2D eigenvalue weighted by Crippen LogP contribution is -2.57. The third-order valence-electron chi connectivity index (χ3n) is 4.75. The smallest absolute Gasteiger partial charge is 0.0306 e. The van der Waals surface area contributed by atoms with Crippen molar-refractivity contribution in [3.8, 4) is 0 Å². The highest BCUT2D eigenvalue weighted by Gasteiger charge is 2.50. The van der Waals surface area contributed by atoms with Gasteiger partial charge < -0.3 is 11.1 Å². The normalized spacial score (nSPS) is 54.0. The molecule has 0 aromatic rings. The molecule has 2 fully saturated rings. The van der Waals surface area contributed by atoms with Crippen LogP contribution < -0.4 is 11.1 Å². The topological polar surface area (TPSA) is 38.0 Å². The number of hydrogen-bond donors (Lipinski definition) is 2. The van der Waals surface area contributed by atoms with Crippen LogP contribution >= 0.6 is 0 Å². The Hall–Kier alpha value is -0.0800. The predicted molar refractivity (Wildman–Crippen MR) is 60.1 cm³/mol. The van der Waals surface area contributed by atoms with E-state index < -0.39 is 0 Å². The maximum atomic E-state index is 6.46. The second-order valence-corrected chi connectivity index (χ2v) is 6.42. The van der Waals surface area contributed by atoms with E-state index in [9.17, 15) is 0 Å². The molecular weight excluding hydrogens is 172 g/mol. The molecule has 2 rings (SSSR count). The van der Waals surface area contributed by atoms with Crippen LogP contribution in [0.25, 0.3) is 0 Å². The molecule has 0 aromatic heterocycles. The van der Waals surface area contributed by atoms with E-state index in [0.29, 0.717) is 10.8 Å². The molecule has 3 atom stereocenters. The fourth-order valence-corrected chi connectivity index (χ4v) is 3.50. The van der Waals surface area contributed by atoms with Crippen LogP contribution in [0.1, 0.15) is 46.5 Å². The molecule has 2 heteroatoms. The Bertz CT molecular complexity index is 236. The molecule has 0 amide bonds. The molecule has 1 aliphatic heterocycles. The van der Waals surface area contributed by atoms with Crippen molar-refractivity contribution in [2.75, 3.05) is 13.1 Å². The van der Waals surface area contributed by atoms with Gasteiger partial charge in [-0.05, 0) is 37.0 Å². The van der Waals surface area contributed by atoms with E-state index in [1.165, 1.54) is 25.7 Å². The molecule has 14 heavy (non-hydrogen) atoms. The zero-order valence-electron chi connectivity index (χ0n) is 9.82. The maximum absolute atomic E-state index is 6.46. The summed E-state index contributed by atoms with van der Waals surface area (Å²) < 4.78 is 0. The number of nitrogens with one attached hydrogen (secondary N) is 1. The molecule has 1 saturated heterocycles. The number of hydrogen-bond acceptors (Lipinski definition) is 2. The van der Waals surface area contributed by atoms with Gasteiger partial charge in [-0.15, -0.1) is 0 Å². The first-order valence-corrected chi connectivity index (χ1v) is 5.87. The minimum Gasteiger partial charge on any atom is -0.324 e. The molecule has 3 N–H and O–H groups in total. The van der Waals surface area contributed by atoms with Crippen LogP contribution in [0.15, 0.2) is 0 Å². The van der Waals surface area contributed by atoms with Crippen molar-refractivity contribution in [3.63, 3.8) is 0 Å². The van der Waals surface area contributed by atoms with Crippen LogP contribution in [0.2, 0.25) is 0 Å². The van der Waals surface area contributed by atoms with Crippen LogP contribution in [0.4, 0.5) is 0 Å². The monoisotopic (exact) mass is 196 g/mol. The minimum atomic E-state index is -0.0365. The van der Waals surface area contributed by atoms with E-state index in [0.717, 1.165) is 13.1 Å². The molecule has 2 aliphatic rings. The Balaban J connectivity index is 2.31. The van der Waals surface area contributed by atoms with E-state index >= 15 is 0 Å². The summed E-state index contributed by atoms with van der Waals surface area (Å²) in [5.41, 5.74) is 7.25. The van der Waals surface area contributed by atoms with Crippen molar-refractivity contribution in [1.82, 2.24) is 5.32 Å². The fourth-order valence-electron chi connectivity index (χ4n) is 3.50. The number of fused-ring (bicyclic) bond motifs is 2. The summed E-state index contributed by atoms with van der Waals surface area (Å²) in [6.45, 7) is 9.14. The highest BCUT2D eigenvalue weighted by molar-refractivity contribution is 5.06. The quantitative estimate of drug-likeness (QED) is 0.621. The SMILES string of the molecule is CC12CCCC(C)(C1)C(C)(N)CNC2. The molecule has 3 unspecified atom stereocenters. The Kier molecular flexibility index (Phi) is 2.20. The highest BCUT2D eigenvalue weighted by atomic mass is 15.0. The second kappa shape index (κ2) is 2.96. The lowest BCUT2D eigenvalue weighted by Gasteiger charge is -2.49. The van der Waals surface area contributed by atoms with Gasteiger partial charge in [-0.3, -0.25) is 0 Å². The Morgan fingerprint density at radius 2 is 1.79 bits per heavy atom. The van der Waals surface area contributed by atoms with Crippen LogP contribution in [0.3, 0.4) is 0 Å². The van der Waals surface area contributed by atoms with Crippen molar-refractivity contribution in [3.05, 3.63) is 0 Å². The van der Waals surface area contributed by atoms with Gasteiger partial charge in [0.2, 0.25) is 0 Å². The highest BCUT2D eigenvalue weighted by Crippen LogP contribution is 2.51. The fraction of sp³-hybridized carbons (Fsp3) is 1.00. The van der Waals surface area contributed by atoms with Crippen LogP contribution in [0.5, 0.6) is 0 Å². The molecule has 0 aromatic carbocycles. The number of rotatable bonds is 0. The summed E-state index contributed by atoms with van der Waals surface area (Å²) in [7, 11) is 0. The van der Waals surface area contributed by atoms with Gasteiger partial charge in [0.1, 0.15) is 0 Å². The standard InChI is InChI=1S/C12H24N2/c1-10-5-4-6-11(2,7-10)12(3,13)9-14-8-10/h14H,4-9,13H2,1-3H3. The van der Waals surface area contributed by atoms with Crippen molar-refractivity contribution < 1.29 is 0 Å².